The van der Waals surface area contributed by atoms with Gasteiger partial charge in [-0.25, -0.2) is 0 Å². The van der Waals surface area contributed by atoms with Crippen LogP contribution in [0.2, 0.25) is 0 Å². The first-order chi connectivity index (χ1) is 5.22. The van der Waals surface area contributed by atoms with E-state index in [1.54, 1.807) is 6.08 Å². The monoisotopic (exact) mass is 151 g/mol. The van der Waals surface area contributed by atoms with Gasteiger partial charge in [0, 0.05) is 5.70 Å². The maximum absolute atomic E-state index is 5.61. The van der Waals surface area contributed by atoms with Crippen molar-refractivity contribution in [3.05, 3.63) is 36.1 Å². The van der Waals surface area contributed by atoms with Gasteiger partial charge in [-0.2, -0.15) is 0 Å². The molecule has 0 amide bonds. The van der Waals surface area contributed by atoms with Crippen molar-refractivity contribution in [3.8, 4) is 0 Å². The number of rotatable bonds is 4. The van der Waals surface area contributed by atoms with Crippen molar-refractivity contribution in [2.45, 2.75) is 26.7 Å². The van der Waals surface area contributed by atoms with Crippen molar-refractivity contribution in [2.75, 3.05) is 0 Å². The Morgan fingerprint density at radius 3 is 2.64 bits per heavy atom. The predicted molar refractivity (Wildman–Crippen MR) is 51.1 cm³/mol. The van der Waals surface area contributed by atoms with Crippen LogP contribution in [0, 0.1) is 0 Å². The Kier molecular flexibility index (Phi) is 5.26. The molecule has 11 heavy (non-hydrogen) atoms. The van der Waals surface area contributed by atoms with Crippen LogP contribution >= 0.6 is 0 Å². The van der Waals surface area contributed by atoms with Gasteiger partial charge in [-0.1, -0.05) is 32.1 Å². The molecule has 2 N–H and O–H groups in total. The number of allylic oxidation sites excluding steroid dienone is 4. The zero-order chi connectivity index (χ0) is 8.69. The molecule has 0 bridgehead atoms. The van der Waals surface area contributed by atoms with Gasteiger partial charge in [0.25, 0.3) is 0 Å². The van der Waals surface area contributed by atoms with Gasteiger partial charge in [0.15, 0.2) is 0 Å². The van der Waals surface area contributed by atoms with E-state index in [1.165, 1.54) is 6.42 Å². The molecule has 0 aliphatic carbocycles. The van der Waals surface area contributed by atoms with Crippen molar-refractivity contribution in [1.29, 1.82) is 0 Å². The molecule has 0 spiro atoms. The zero-order valence-electron chi connectivity index (χ0n) is 7.43. The highest BCUT2D eigenvalue weighted by Crippen LogP contribution is 2.01. The minimum absolute atomic E-state index is 0.761. The fraction of sp³-hybridized carbons (Fsp3) is 0.400. The van der Waals surface area contributed by atoms with Crippen LogP contribution < -0.4 is 5.73 Å². The smallest absolute Gasteiger partial charge is 0.0337 e. The molecule has 1 heteroatoms. The summed E-state index contributed by atoms with van der Waals surface area (Å²) in [4.78, 5) is 0. The molecule has 0 aliphatic heterocycles. The predicted octanol–water partition coefficient (Wildman–Crippen LogP) is 2.76. The average molecular weight is 151 g/mol. The Bertz CT molecular complexity index is 175. The van der Waals surface area contributed by atoms with Gasteiger partial charge in [0.2, 0.25) is 0 Å². The van der Waals surface area contributed by atoms with Gasteiger partial charge in [-0.15, -0.1) is 0 Å². The Morgan fingerprint density at radius 1 is 1.55 bits per heavy atom. The van der Waals surface area contributed by atoms with E-state index in [9.17, 15) is 0 Å². The maximum Gasteiger partial charge on any atom is 0.0337 e. The summed E-state index contributed by atoms with van der Waals surface area (Å²) >= 11 is 0. The molecule has 0 aliphatic rings. The number of hydrogen-bond donors (Lipinski definition) is 1. The first-order valence-corrected chi connectivity index (χ1v) is 3.97. The van der Waals surface area contributed by atoms with Crippen LogP contribution in [0.5, 0.6) is 0 Å². The number of nitrogens with two attached hydrogens (primary N) is 1. The Balaban J connectivity index is 4.03. The summed E-state index contributed by atoms with van der Waals surface area (Å²) < 4.78 is 0. The van der Waals surface area contributed by atoms with Crippen molar-refractivity contribution in [2.24, 2.45) is 5.73 Å². The lowest BCUT2D eigenvalue weighted by Crippen LogP contribution is -1.94. The highest BCUT2D eigenvalue weighted by molar-refractivity contribution is 5.27. The van der Waals surface area contributed by atoms with Crippen LogP contribution in [0.4, 0.5) is 0 Å². The minimum atomic E-state index is 0.761. The highest BCUT2D eigenvalue weighted by Gasteiger charge is 1.86. The van der Waals surface area contributed by atoms with E-state index in [2.05, 4.69) is 19.6 Å². The van der Waals surface area contributed by atoms with E-state index in [1.807, 2.05) is 13.0 Å². The molecule has 0 saturated heterocycles. The third kappa shape index (κ3) is 4.43. The van der Waals surface area contributed by atoms with Crippen LogP contribution in [0.3, 0.4) is 0 Å². The molecule has 0 aromatic heterocycles. The topological polar surface area (TPSA) is 26.0 Å². The van der Waals surface area contributed by atoms with E-state index in [0.29, 0.717) is 0 Å². The number of unbranched alkanes of at least 4 members (excludes halogenated alkanes) is 1. The fourth-order valence-corrected chi connectivity index (χ4v) is 0.684. The fourth-order valence-electron chi connectivity index (χ4n) is 0.684. The van der Waals surface area contributed by atoms with E-state index >= 15 is 0 Å². The quantitative estimate of drug-likeness (QED) is 0.614. The van der Waals surface area contributed by atoms with Gasteiger partial charge in [-0.05, 0) is 25.0 Å². The number of hydrogen-bond acceptors (Lipinski definition) is 1. The first kappa shape index (κ1) is 10.0. The molecule has 0 heterocycles. The van der Waals surface area contributed by atoms with E-state index in [4.69, 9.17) is 5.73 Å². The largest absolute Gasteiger partial charge is 0.399 e. The molecule has 0 aromatic rings. The molecule has 0 saturated carbocycles. The summed E-state index contributed by atoms with van der Waals surface area (Å²) in [5.41, 5.74) is 7.46. The molecule has 0 aromatic carbocycles. The van der Waals surface area contributed by atoms with Crippen LogP contribution in [-0.2, 0) is 0 Å². The Labute approximate surface area is 69.3 Å². The molecule has 1 nitrogen and oxygen atoms in total. The lowest BCUT2D eigenvalue weighted by molar-refractivity contribution is 0.957. The summed E-state index contributed by atoms with van der Waals surface area (Å²) in [6, 6.07) is 0. The molecule has 0 unspecified atom stereocenters. The Morgan fingerprint density at radius 2 is 2.18 bits per heavy atom. The van der Waals surface area contributed by atoms with Crippen LogP contribution in [-0.4, -0.2) is 0 Å². The normalized spacial score (nSPS) is 13.3. The minimum Gasteiger partial charge on any atom is -0.399 e. The lowest BCUT2D eigenvalue weighted by Gasteiger charge is -1.95. The second-order valence-electron chi connectivity index (χ2n) is 2.53. The molecule has 0 atom stereocenters. The Hall–Kier alpha value is -0.980. The van der Waals surface area contributed by atoms with E-state index in [0.717, 1.165) is 17.7 Å². The van der Waals surface area contributed by atoms with Crippen molar-refractivity contribution in [3.63, 3.8) is 0 Å². The van der Waals surface area contributed by atoms with Gasteiger partial charge in [0.05, 0.1) is 0 Å². The molecule has 62 valence electrons. The molecule has 0 fully saturated rings. The SMILES string of the molecule is C=C/C(N)=C(C)\C=C\CCC. The molecular weight excluding hydrogens is 134 g/mol. The summed E-state index contributed by atoms with van der Waals surface area (Å²) in [6.07, 6.45) is 8.14. The van der Waals surface area contributed by atoms with Crippen molar-refractivity contribution < 1.29 is 0 Å². The third-order valence-electron chi connectivity index (χ3n) is 1.50. The van der Waals surface area contributed by atoms with Crippen LogP contribution in [0.1, 0.15) is 26.7 Å². The standard InChI is InChI=1S/C10H17N/c1-4-6-7-8-9(3)10(11)5-2/h5,7-8H,2,4,6,11H2,1,3H3/b8-7+,10-9+. The van der Waals surface area contributed by atoms with E-state index in [-0.39, 0.29) is 0 Å². The lowest BCUT2D eigenvalue weighted by atomic mass is 10.2. The van der Waals surface area contributed by atoms with Crippen LogP contribution in [0.25, 0.3) is 0 Å². The van der Waals surface area contributed by atoms with Crippen LogP contribution in [0.15, 0.2) is 36.1 Å². The van der Waals surface area contributed by atoms with Crippen molar-refractivity contribution >= 4 is 0 Å². The first-order valence-electron chi connectivity index (χ1n) is 3.97. The molecule has 0 rings (SSSR count). The maximum atomic E-state index is 5.61. The summed E-state index contributed by atoms with van der Waals surface area (Å²) in [6.45, 7) is 7.74. The highest BCUT2D eigenvalue weighted by atomic mass is 14.6. The van der Waals surface area contributed by atoms with Gasteiger partial charge in [0.1, 0.15) is 0 Å². The molecular formula is C10H17N. The summed E-state index contributed by atoms with van der Waals surface area (Å²) in [5, 5.41) is 0. The van der Waals surface area contributed by atoms with Crippen molar-refractivity contribution in [1.82, 2.24) is 0 Å². The summed E-state index contributed by atoms with van der Waals surface area (Å²) in [5.74, 6) is 0. The van der Waals surface area contributed by atoms with Gasteiger partial charge in [-0.3, -0.25) is 0 Å². The second kappa shape index (κ2) is 5.78. The average Bonchev–Trinajstić information content (AvgIpc) is 2.03. The van der Waals surface area contributed by atoms with E-state index < -0.39 is 0 Å². The third-order valence-corrected chi connectivity index (χ3v) is 1.50. The molecule has 0 radical (unpaired) electrons. The van der Waals surface area contributed by atoms with Gasteiger partial charge >= 0.3 is 0 Å². The van der Waals surface area contributed by atoms with Gasteiger partial charge < -0.3 is 5.73 Å². The zero-order valence-corrected chi connectivity index (χ0v) is 7.43. The second-order valence-corrected chi connectivity index (χ2v) is 2.53. The summed E-state index contributed by atoms with van der Waals surface area (Å²) in [7, 11) is 0.